The van der Waals surface area contributed by atoms with Gasteiger partial charge in [-0.1, -0.05) is 40.0 Å². The average molecular weight is 297 g/mol. The Morgan fingerprint density at radius 3 is 1.20 bits per heavy atom. The van der Waals surface area contributed by atoms with Gasteiger partial charge < -0.3 is 0 Å². The van der Waals surface area contributed by atoms with E-state index >= 15 is 0 Å². The second-order valence-corrected chi connectivity index (χ2v) is 7.06. The molecule has 0 aromatic heterocycles. The van der Waals surface area contributed by atoms with Gasteiger partial charge in [-0.05, 0) is 19.3 Å². The van der Waals surface area contributed by atoms with E-state index < -0.39 is 0 Å². The Morgan fingerprint density at radius 1 is 0.733 bits per heavy atom. The molecule has 0 bridgehead atoms. The molecule has 0 aromatic rings. The summed E-state index contributed by atoms with van der Waals surface area (Å²) in [6, 6.07) is 0. The molecule has 0 nitrogen and oxygen atoms in total. The molecule has 0 saturated heterocycles. The van der Waals surface area contributed by atoms with Gasteiger partial charge in [0, 0.05) is 7.92 Å². The van der Waals surface area contributed by atoms with Crippen molar-refractivity contribution in [3.05, 3.63) is 0 Å². The van der Waals surface area contributed by atoms with E-state index in [1.54, 1.807) is 18.5 Å². The first-order valence-corrected chi connectivity index (χ1v) is 9.78. The molecule has 0 N–H and O–H groups in total. The van der Waals surface area contributed by atoms with E-state index in [-0.39, 0.29) is 7.92 Å². The fourth-order valence-corrected chi connectivity index (χ4v) is 4.97. The van der Waals surface area contributed by atoms with Crippen LogP contribution in [0.3, 0.4) is 0 Å². The summed E-state index contributed by atoms with van der Waals surface area (Å²) in [5.41, 5.74) is 0. The molecular formula is C12H28ClNiP+. The van der Waals surface area contributed by atoms with Crippen LogP contribution in [0.4, 0.5) is 0 Å². The summed E-state index contributed by atoms with van der Waals surface area (Å²) in [7, 11) is 4.33. The molecule has 0 aliphatic carbocycles. The molecule has 0 spiro atoms. The Labute approximate surface area is 110 Å². The number of rotatable bonds is 9. The van der Waals surface area contributed by atoms with Crippen molar-refractivity contribution in [2.45, 2.75) is 59.3 Å². The summed E-state index contributed by atoms with van der Waals surface area (Å²) in [6.07, 6.45) is 13.4. The van der Waals surface area contributed by atoms with Crippen LogP contribution in [0.5, 0.6) is 0 Å². The maximum absolute atomic E-state index is 4.26. The Hall–Kier alpha value is 1.21. The standard InChI is InChI=1S/C12H27P.ClH.Ni/c1-4-7-10-13(11-8-5-2)12-9-6-3;;/h4-12H2,1-3H3;1H;/q;;+1. The van der Waals surface area contributed by atoms with Crippen molar-refractivity contribution in [1.82, 2.24) is 0 Å². The third-order valence-electron chi connectivity index (χ3n) is 2.65. The van der Waals surface area contributed by atoms with E-state index in [0.29, 0.717) is 0 Å². The molecule has 15 heavy (non-hydrogen) atoms. The zero-order valence-corrected chi connectivity index (χ0v) is 13.3. The quantitative estimate of drug-likeness (QED) is 0.401. The molecule has 97 valence electrons. The molecule has 0 radical (unpaired) electrons. The van der Waals surface area contributed by atoms with Crippen LogP contribution < -0.4 is 0 Å². The van der Waals surface area contributed by atoms with E-state index in [1.807, 2.05) is 0 Å². The van der Waals surface area contributed by atoms with Gasteiger partial charge in [0.25, 0.3) is 0 Å². The van der Waals surface area contributed by atoms with Crippen molar-refractivity contribution in [3.63, 3.8) is 0 Å². The van der Waals surface area contributed by atoms with Crippen LogP contribution in [0.1, 0.15) is 59.3 Å². The summed E-state index contributed by atoms with van der Waals surface area (Å²) in [6.45, 7) is 6.96. The van der Waals surface area contributed by atoms with Crippen LogP contribution in [0.25, 0.3) is 0 Å². The summed E-state index contributed by atoms with van der Waals surface area (Å²) in [4.78, 5) is 0. The minimum atomic E-state index is 0.0675. The SMILES string of the molecule is CCCC[PH+](CCCC)CCCC.[Cl][Ni]. The Bertz CT molecular complexity index is 82.6. The molecule has 0 heterocycles. The predicted octanol–water partition coefficient (Wildman–Crippen LogP) is 5.29. The summed E-state index contributed by atoms with van der Waals surface area (Å²) < 4.78 is 0. The zero-order chi connectivity index (χ0) is 11.9. The Morgan fingerprint density at radius 2 is 1.00 bits per heavy atom. The Kier molecular flexibility index (Phi) is 21.8. The molecule has 0 fully saturated rings. The van der Waals surface area contributed by atoms with Gasteiger partial charge in [0.1, 0.15) is 0 Å². The third-order valence-corrected chi connectivity index (χ3v) is 5.83. The fourth-order valence-electron chi connectivity index (χ4n) is 1.66. The van der Waals surface area contributed by atoms with Gasteiger partial charge >= 0.3 is 24.8 Å². The number of halogens is 1. The summed E-state index contributed by atoms with van der Waals surface area (Å²) >= 11 is 3.35. The molecule has 0 aliphatic heterocycles. The van der Waals surface area contributed by atoms with Gasteiger partial charge in [-0.2, -0.15) is 0 Å². The summed E-state index contributed by atoms with van der Waals surface area (Å²) in [5.74, 6) is 0. The van der Waals surface area contributed by atoms with Gasteiger partial charge in [-0.25, -0.2) is 0 Å². The van der Waals surface area contributed by atoms with Crippen LogP contribution in [0, 0.1) is 0 Å². The molecule has 3 heteroatoms. The van der Waals surface area contributed by atoms with E-state index in [1.165, 1.54) is 38.5 Å². The van der Waals surface area contributed by atoms with Gasteiger partial charge in [-0.3, -0.25) is 0 Å². The molecular weight excluding hydrogens is 269 g/mol. The second-order valence-electron chi connectivity index (χ2n) is 4.06. The topological polar surface area (TPSA) is 0 Å². The fraction of sp³-hybridized carbons (Fsp3) is 1.00. The van der Waals surface area contributed by atoms with Crippen LogP contribution in [-0.2, 0) is 14.6 Å². The van der Waals surface area contributed by atoms with Crippen molar-refractivity contribution < 1.29 is 14.6 Å². The van der Waals surface area contributed by atoms with Crippen molar-refractivity contribution in [2.24, 2.45) is 0 Å². The minimum absolute atomic E-state index is 0.0675. The van der Waals surface area contributed by atoms with Crippen molar-refractivity contribution >= 4 is 18.1 Å². The van der Waals surface area contributed by atoms with E-state index in [4.69, 9.17) is 0 Å². The molecule has 0 rings (SSSR count). The zero-order valence-electron chi connectivity index (χ0n) is 10.6. The first kappa shape index (κ1) is 18.6. The number of unbranched alkanes of at least 4 members (excludes halogenated alkanes) is 3. The molecule has 0 saturated carbocycles. The molecule has 0 atom stereocenters. The number of hydrogen-bond acceptors (Lipinski definition) is 0. The van der Waals surface area contributed by atoms with Gasteiger partial charge in [-0.15, -0.1) is 0 Å². The van der Waals surface area contributed by atoms with E-state index in [2.05, 4.69) is 45.5 Å². The van der Waals surface area contributed by atoms with Crippen LogP contribution in [-0.4, -0.2) is 18.5 Å². The first-order chi connectivity index (χ1) is 7.35. The third kappa shape index (κ3) is 15.2. The van der Waals surface area contributed by atoms with Gasteiger partial charge in [0.05, 0.1) is 18.5 Å². The van der Waals surface area contributed by atoms with E-state index in [9.17, 15) is 0 Å². The van der Waals surface area contributed by atoms with Crippen LogP contribution >= 0.6 is 18.1 Å². The normalized spacial score (nSPS) is 10.1. The Balaban J connectivity index is 0. The van der Waals surface area contributed by atoms with Gasteiger partial charge in [0.15, 0.2) is 0 Å². The monoisotopic (exact) mass is 296 g/mol. The molecule has 0 aliphatic rings. The van der Waals surface area contributed by atoms with E-state index in [0.717, 1.165) is 0 Å². The van der Waals surface area contributed by atoms with Crippen LogP contribution in [0.2, 0.25) is 0 Å². The van der Waals surface area contributed by atoms with Crippen LogP contribution in [0.15, 0.2) is 0 Å². The first-order valence-electron chi connectivity index (χ1n) is 6.30. The second kappa shape index (κ2) is 17.6. The number of hydrogen-bond donors (Lipinski definition) is 0. The van der Waals surface area contributed by atoms with Crippen molar-refractivity contribution in [3.8, 4) is 0 Å². The maximum atomic E-state index is 4.26. The summed E-state index contributed by atoms with van der Waals surface area (Å²) in [5, 5.41) is 0. The molecule has 0 aromatic carbocycles. The van der Waals surface area contributed by atoms with Gasteiger partial charge in [0.2, 0.25) is 0 Å². The van der Waals surface area contributed by atoms with Crippen molar-refractivity contribution in [1.29, 1.82) is 0 Å². The van der Waals surface area contributed by atoms with Crippen molar-refractivity contribution in [2.75, 3.05) is 18.5 Å². The molecule has 0 unspecified atom stereocenters. The molecule has 0 amide bonds. The predicted molar refractivity (Wildman–Crippen MR) is 73.5 cm³/mol. The average Bonchev–Trinajstić information content (AvgIpc) is 2.31.